The minimum absolute atomic E-state index is 0.0414. The van der Waals surface area contributed by atoms with Crippen molar-refractivity contribution in [3.8, 4) is 0 Å². The number of aryl methyl sites for hydroxylation is 1. The quantitative estimate of drug-likeness (QED) is 0.620. The number of halogens is 1. The molecule has 0 radical (unpaired) electrons. The van der Waals surface area contributed by atoms with Gasteiger partial charge in [-0.2, -0.15) is 0 Å². The second-order valence-corrected chi connectivity index (χ2v) is 7.09. The van der Waals surface area contributed by atoms with Crippen LogP contribution in [-0.4, -0.2) is 22.1 Å². The number of carbonyl (C=O) groups excluding carboxylic acids is 2. The lowest BCUT2D eigenvalue weighted by atomic mass is 10.1. The van der Waals surface area contributed by atoms with E-state index in [2.05, 4.69) is 15.5 Å². The normalized spacial score (nSPS) is 10.4. The van der Waals surface area contributed by atoms with Gasteiger partial charge in [-0.3, -0.25) is 4.79 Å². The highest BCUT2D eigenvalue weighted by Gasteiger charge is 2.15. The molecule has 1 aromatic heterocycles. The molecule has 1 heterocycles. The molecule has 0 saturated heterocycles. The van der Waals surface area contributed by atoms with E-state index in [4.69, 9.17) is 16.3 Å². The number of nitrogens with zero attached hydrogens (tertiary/aromatic N) is 2. The Morgan fingerprint density at radius 2 is 1.78 bits per heavy atom. The van der Waals surface area contributed by atoms with E-state index in [9.17, 15) is 9.59 Å². The standard InChI is InChI=1S/C19H16ClN3O3S/c1-2-12-3-5-13(6-4-12)19(25)26-11-16-22-23-18(27-16)17(24)21-15-9-7-14(20)8-10-15/h3-10H,2,11H2,1H3,(H,21,24). The van der Waals surface area contributed by atoms with Crippen molar-refractivity contribution in [2.24, 2.45) is 0 Å². The molecule has 0 unspecified atom stereocenters. The summed E-state index contributed by atoms with van der Waals surface area (Å²) in [6, 6.07) is 14.0. The molecule has 27 heavy (non-hydrogen) atoms. The van der Waals surface area contributed by atoms with Crippen LogP contribution in [0.3, 0.4) is 0 Å². The lowest BCUT2D eigenvalue weighted by Gasteiger charge is -2.03. The van der Waals surface area contributed by atoms with E-state index in [0.29, 0.717) is 21.3 Å². The lowest BCUT2D eigenvalue weighted by Crippen LogP contribution is -2.11. The Kier molecular flexibility index (Phi) is 6.16. The van der Waals surface area contributed by atoms with E-state index in [-0.39, 0.29) is 17.5 Å². The molecule has 0 atom stereocenters. The van der Waals surface area contributed by atoms with Gasteiger partial charge in [0.15, 0.2) is 5.01 Å². The van der Waals surface area contributed by atoms with Gasteiger partial charge in [-0.05, 0) is 48.4 Å². The fourth-order valence-electron chi connectivity index (χ4n) is 2.21. The van der Waals surface area contributed by atoms with Gasteiger partial charge < -0.3 is 10.1 Å². The first-order valence-corrected chi connectivity index (χ1v) is 9.40. The second-order valence-electron chi connectivity index (χ2n) is 5.59. The van der Waals surface area contributed by atoms with Crippen LogP contribution in [0.1, 0.15) is 37.7 Å². The van der Waals surface area contributed by atoms with Crippen molar-refractivity contribution < 1.29 is 14.3 Å². The lowest BCUT2D eigenvalue weighted by molar-refractivity contribution is 0.0471. The van der Waals surface area contributed by atoms with Crippen LogP contribution in [0.4, 0.5) is 5.69 Å². The van der Waals surface area contributed by atoms with Crippen LogP contribution in [0.25, 0.3) is 0 Å². The van der Waals surface area contributed by atoms with Gasteiger partial charge in [0.1, 0.15) is 6.61 Å². The highest BCUT2D eigenvalue weighted by molar-refractivity contribution is 7.13. The number of amides is 1. The fourth-order valence-corrected chi connectivity index (χ4v) is 2.98. The summed E-state index contributed by atoms with van der Waals surface area (Å²) in [5.74, 6) is -0.831. The predicted octanol–water partition coefficient (Wildman–Crippen LogP) is 4.36. The number of carbonyl (C=O) groups is 2. The molecule has 3 rings (SSSR count). The fraction of sp³-hybridized carbons (Fsp3) is 0.158. The molecule has 1 N–H and O–H groups in total. The summed E-state index contributed by atoms with van der Waals surface area (Å²) >= 11 is 6.88. The number of hydrogen-bond donors (Lipinski definition) is 1. The maximum absolute atomic E-state index is 12.2. The van der Waals surface area contributed by atoms with Gasteiger partial charge in [-0.15, -0.1) is 10.2 Å². The number of rotatable bonds is 6. The van der Waals surface area contributed by atoms with Crippen LogP contribution in [0, 0.1) is 0 Å². The molecule has 0 aliphatic carbocycles. The first kappa shape index (κ1) is 19.0. The van der Waals surface area contributed by atoms with Gasteiger partial charge in [0, 0.05) is 10.7 Å². The Morgan fingerprint density at radius 1 is 1.07 bits per heavy atom. The molecule has 6 nitrogen and oxygen atoms in total. The number of esters is 1. The Bertz CT molecular complexity index is 940. The number of ether oxygens (including phenoxy) is 1. The molecule has 8 heteroatoms. The Balaban J connectivity index is 1.56. The molecule has 0 spiro atoms. The molecule has 0 saturated carbocycles. The molecular formula is C19H16ClN3O3S. The summed E-state index contributed by atoms with van der Waals surface area (Å²) in [5, 5.41) is 11.6. The predicted molar refractivity (Wildman–Crippen MR) is 104 cm³/mol. The number of aromatic nitrogens is 2. The van der Waals surface area contributed by atoms with Gasteiger partial charge in [0.25, 0.3) is 5.91 Å². The summed E-state index contributed by atoms with van der Waals surface area (Å²) in [6.07, 6.45) is 0.904. The smallest absolute Gasteiger partial charge is 0.338 e. The average molecular weight is 402 g/mol. The zero-order valence-electron chi connectivity index (χ0n) is 14.4. The molecule has 0 fully saturated rings. The van der Waals surface area contributed by atoms with Crippen LogP contribution in [0.15, 0.2) is 48.5 Å². The summed E-state index contributed by atoms with van der Waals surface area (Å²) < 4.78 is 5.23. The van der Waals surface area contributed by atoms with Gasteiger partial charge >= 0.3 is 5.97 Å². The highest BCUT2D eigenvalue weighted by Crippen LogP contribution is 2.17. The number of hydrogen-bond acceptors (Lipinski definition) is 6. The Labute approximate surface area is 165 Å². The largest absolute Gasteiger partial charge is 0.455 e. The molecule has 3 aromatic rings. The minimum atomic E-state index is -0.444. The monoisotopic (exact) mass is 401 g/mol. The van der Waals surface area contributed by atoms with E-state index in [1.54, 1.807) is 36.4 Å². The van der Waals surface area contributed by atoms with Gasteiger partial charge in [-0.25, -0.2) is 4.79 Å². The Morgan fingerprint density at radius 3 is 2.44 bits per heavy atom. The molecule has 0 aliphatic rings. The first-order valence-electron chi connectivity index (χ1n) is 8.20. The zero-order valence-corrected chi connectivity index (χ0v) is 16.0. The summed E-state index contributed by atoms with van der Waals surface area (Å²) in [7, 11) is 0. The van der Waals surface area contributed by atoms with Crippen LogP contribution in [0.2, 0.25) is 5.02 Å². The van der Waals surface area contributed by atoms with Gasteiger partial charge in [-0.1, -0.05) is 42.0 Å². The molecule has 138 valence electrons. The van der Waals surface area contributed by atoms with Crippen LogP contribution in [0.5, 0.6) is 0 Å². The topological polar surface area (TPSA) is 81.2 Å². The number of nitrogens with one attached hydrogen (secondary N) is 1. The molecule has 2 aromatic carbocycles. The molecule has 1 amide bonds. The van der Waals surface area contributed by atoms with Crippen LogP contribution in [-0.2, 0) is 17.8 Å². The van der Waals surface area contributed by atoms with Crippen molar-refractivity contribution >= 4 is 40.5 Å². The first-order chi connectivity index (χ1) is 13.0. The summed E-state index contributed by atoms with van der Waals surface area (Å²) in [4.78, 5) is 24.3. The maximum Gasteiger partial charge on any atom is 0.338 e. The van der Waals surface area contributed by atoms with E-state index in [0.717, 1.165) is 23.3 Å². The van der Waals surface area contributed by atoms with Crippen molar-refractivity contribution in [2.75, 3.05) is 5.32 Å². The van der Waals surface area contributed by atoms with Crippen LogP contribution < -0.4 is 5.32 Å². The Hall–Kier alpha value is -2.77. The van der Waals surface area contributed by atoms with Crippen molar-refractivity contribution in [2.45, 2.75) is 20.0 Å². The van der Waals surface area contributed by atoms with Gasteiger partial charge in [0.2, 0.25) is 5.01 Å². The third-order valence-electron chi connectivity index (χ3n) is 3.69. The van der Waals surface area contributed by atoms with Crippen molar-refractivity contribution in [1.29, 1.82) is 0 Å². The third-order valence-corrected chi connectivity index (χ3v) is 4.84. The van der Waals surface area contributed by atoms with E-state index in [1.165, 1.54) is 0 Å². The third kappa shape index (κ3) is 5.12. The summed E-state index contributed by atoms with van der Waals surface area (Å²) in [5.41, 5.74) is 2.22. The summed E-state index contributed by atoms with van der Waals surface area (Å²) in [6.45, 7) is 2.00. The van der Waals surface area contributed by atoms with Crippen molar-refractivity contribution in [3.63, 3.8) is 0 Å². The number of anilines is 1. The molecule has 0 bridgehead atoms. The highest BCUT2D eigenvalue weighted by atomic mass is 35.5. The maximum atomic E-state index is 12.2. The second kappa shape index (κ2) is 8.75. The number of benzene rings is 2. The SMILES string of the molecule is CCc1ccc(C(=O)OCc2nnc(C(=O)Nc3ccc(Cl)cc3)s2)cc1. The van der Waals surface area contributed by atoms with Gasteiger partial charge in [0.05, 0.1) is 5.56 Å². The van der Waals surface area contributed by atoms with Crippen molar-refractivity contribution in [3.05, 3.63) is 74.7 Å². The molecular weight excluding hydrogens is 386 g/mol. The zero-order chi connectivity index (χ0) is 19.2. The average Bonchev–Trinajstić information content (AvgIpc) is 3.17. The molecule has 0 aliphatic heterocycles. The van der Waals surface area contributed by atoms with Crippen molar-refractivity contribution in [1.82, 2.24) is 10.2 Å². The van der Waals surface area contributed by atoms with E-state index in [1.807, 2.05) is 19.1 Å². The van der Waals surface area contributed by atoms with Crippen LogP contribution >= 0.6 is 22.9 Å². The van der Waals surface area contributed by atoms with E-state index >= 15 is 0 Å². The minimum Gasteiger partial charge on any atom is -0.455 e. The van der Waals surface area contributed by atoms with E-state index < -0.39 is 5.97 Å².